The summed E-state index contributed by atoms with van der Waals surface area (Å²) in [6.07, 6.45) is 0.514. The summed E-state index contributed by atoms with van der Waals surface area (Å²) in [6.45, 7) is 1.48. The fourth-order valence-corrected chi connectivity index (χ4v) is 1.60. The van der Waals surface area contributed by atoms with Crippen molar-refractivity contribution in [2.24, 2.45) is 5.73 Å². The van der Waals surface area contributed by atoms with E-state index < -0.39 is 6.09 Å². The first-order chi connectivity index (χ1) is 6.13. The van der Waals surface area contributed by atoms with Crippen molar-refractivity contribution in [2.45, 2.75) is 18.4 Å². The second-order valence-electron chi connectivity index (χ2n) is 3.36. The van der Waals surface area contributed by atoms with Crippen molar-refractivity contribution in [3.63, 3.8) is 0 Å². The predicted octanol–water partition coefficient (Wildman–Crippen LogP) is 0.104. The SMILES string of the molecule is COC1(CN)CCN(C(=O)O)CC1. The molecule has 5 heteroatoms. The van der Waals surface area contributed by atoms with Crippen LogP contribution in [0.5, 0.6) is 0 Å². The van der Waals surface area contributed by atoms with Crippen LogP contribution in [0.3, 0.4) is 0 Å². The highest BCUT2D eigenvalue weighted by atomic mass is 16.5. The van der Waals surface area contributed by atoms with E-state index in [9.17, 15) is 4.79 Å². The molecule has 0 aromatic heterocycles. The number of amides is 1. The van der Waals surface area contributed by atoms with Gasteiger partial charge in [0.1, 0.15) is 0 Å². The maximum atomic E-state index is 10.6. The molecule has 0 radical (unpaired) electrons. The molecule has 0 aromatic carbocycles. The third-order valence-corrected chi connectivity index (χ3v) is 2.75. The topological polar surface area (TPSA) is 75.8 Å². The Hall–Kier alpha value is -0.810. The molecule has 0 atom stereocenters. The van der Waals surface area contributed by atoms with Gasteiger partial charge in [-0.2, -0.15) is 0 Å². The first kappa shape index (κ1) is 10.3. The highest BCUT2D eigenvalue weighted by Gasteiger charge is 2.34. The zero-order chi connectivity index (χ0) is 9.90. The highest BCUT2D eigenvalue weighted by Crippen LogP contribution is 2.24. The van der Waals surface area contributed by atoms with E-state index in [1.165, 1.54) is 4.90 Å². The molecule has 1 amide bonds. The molecular weight excluding hydrogens is 172 g/mol. The molecule has 1 heterocycles. The van der Waals surface area contributed by atoms with Gasteiger partial charge < -0.3 is 20.5 Å². The van der Waals surface area contributed by atoms with Crippen molar-refractivity contribution in [3.8, 4) is 0 Å². The van der Waals surface area contributed by atoms with Gasteiger partial charge in [-0.3, -0.25) is 0 Å². The number of piperidine rings is 1. The second kappa shape index (κ2) is 3.93. The summed E-state index contributed by atoms with van der Waals surface area (Å²) in [5.74, 6) is 0. The number of likely N-dealkylation sites (tertiary alicyclic amines) is 1. The van der Waals surface area contributed by atoms with Crippen molar-refractivity contribution >= 4 is 6.09 Å². The predicted molar refractivity (Wildman–Crippen MR) is 47.6 cm³/mol. The molecule has 5 nitrogen and oxygen atoms in total. The van der Waals surface area contributed by atoms with Crippen LogP contribution in [-0.4, -0.2) is 48.4 Å². The van der Waals surface area contributed by atoms with Gasteiger partial charge in [-0.1, -0.05) is 0 Å². The lowest BCUT2D eigenvalue weighted by molar-refractivity contribution is -0.0457. The fourth-order valence-electron chi connectivity index (χ4n) is 1.60. The number of methoxy groups -OCH3 is 1. The molecule has 13 heavy (non-hydrogen) atoms. The van der Waals surface area contributed by atoms with E-state index >= 15 is 0 Å². The van der Waals surface area contributed by atoms with E-state index in [0.717, 1.165) is 0 Å². The Balaban J connectivity index is 2.50. The molecule has 1 fully saturated rings. The summed E-state index contributed by atoms with van der Waals surface area (Å²) in [6, 6.07) is 0. The van der Waals surface area contributed by atoms with Crippen molar-refractivity contribution in [1.29, 1.82) is 0 Å². The van der Waals surface area contributed by atoms with Gasteiger partial charge in [0, 0.05) is 26.7 Å². The van der Waals surface area contributed by atoms with Gasteiger partial charge in [-0.05, 0) is 12.8 Å². The fraction of sp³-hybridized carbons (Fsp3) is 0.875. The average molecular weight is 188 g/mol. The van der Waals surface area contributed by atoms with Crippen molar-refractivity contribution < 1.29 is 14.6 Å². The van der Waals surface area contributed by atoms with E-state index in [2.05, 4.69) is 0 Å². The number of nitrogens with two attached hydrogens (primary N) is 1. The maximum absolute atomic E-state index is 10.6. The molecule has 0 spiro atoms. The normalized spacial score (nSPS) is 21.5. The van der Waals surface area contributed by atoms with Crippen LogP contribution in [0, 0.1) is 0 Å². The zero-order valence-electron chi connectivity index (χ0n) is 7.82. The van der Waals surface area contributed by atoms with E-state index in [4.69, 9.17) is 15.6 Å². The lowest BCUT2D eigenvalue weighted by Gasteiger charge is -2.38. The molecule has 3 N–H and O–H groups in total. The lowest BCUT2D eigenvalue weighted by atomic mass is 9.91. The van der Waals surface area contributed by atoms with E-state index in [1.54, 1.807) is 7.11 Å². The van der Waals surface area contributed by atoms with Crippen molar-refractivity contribution in [2.75, 3.05) is 26.7 Å². The number of hydrogen-bond donors (Lipinski definition) is 2. The molecule has 1 aliphatic heterocycles. The molecule has 0 unspecified atom stereocenters. The summed E-state index contributed by atoms with van der Waals surface area (Å²) in [4.78, 5) is 12.0. The molecule has 76 valence electrons. The Morgan fingerprint density at radius 3 is 2.46 bits per heavy atom. The smallest absolute Gasteiger partial charge is 0.407 e. The van der Waals surface area contributed by atoms with Gasteiger partial charge in [0.2, 0.25) is 0 Å². The minimum absolute atomic E-state index is 0.300. The second-order valence-corrected chi connectivity index (χ2v) is 3.36. The maximum Gasteiger partial charge on any atom is 0.407 e. The van der Waals surface area contributed by atoms with Crippen LogP contribution < -0.4 is 5.73 Å². The Kier molecular flexibility index (Phi) is 3.11. The third kappa shape index (κ3) is 2.10. The van der Waals surface area contributed by atoms with Crippen molar-refractivity contribution in [1.82, 2.24) is 4.90 Å². The molecule has 1 aliphatic rings. The van der Waals surface area contributed by atoms with Crippen molar-refractivity contribution in [3.05, 3.63) is 0 Å². The molecule has 0 bridgehead atoms. The minimum Gasteiger partial charge on any atom is -0.465 e. The minimum atomic E-state index is -0.860. The van der Waals surface area contributed by atoms with E-state index in [1.807, 2.05) is 0 Å². The summed E-state index contributed by atoms with van der Waals surface area (Å²) in [7, 11) is 1.63. The van der Waals surface area contributed by atoms with Gasteiger partial charge in [-0.25, -0.2) is 4.79 Å². The Morgan fingerprint density at radius 1 is 1.62 bits per heavy atom. The van der Waals surface area contributed by atoms with Gasteiger partial charge >= 0.3 is 6.09 Å². The van der Waals surface area contributed by atoms with Crippen LogP contribution in [0.2, 0.25) is 0 Å². The first-order valence-corrected chi connectivity index (χ1v) is 4.37. The highest BCUT2D eigenvalue weighted by molar-refractivity contribution is 5.65. The number of carbonyl (C=O) groups is 1. The van der Waals surface area contributed by atoms with Gasteiger partial charge in [0.25, 0.3) is 0 Å². The zero-order valence-corrected chi connectivity index (χ0v) is 7.82. The Bertz CT molecular complexity index is 182. The number of rotatable bonds is 2. The lowest BCUT2D eigenvalue weighted by Crippen LogP contribution is -2.51. The van der Waals surface area contributed by atoms with Gasteiger partial charge in [0.05, 0.1) is 5.60 Å². The summed E-state index contributed by atoms with van der Waals surface area (Å²) >= 11 is 0. The monoisotopic (exact) mass is 188 g/mol. The number of ether oxygens (including phenoxy) is 1. The van der Waals surface area contributed by atoms with Gasteiger partial charge in [0.15, 0.2) is 0 Å². The number of hydrogen-bond acceptors (Lipinski definition) is 3. The molecule has 0 aromatic rings. The summed E-state index contributed by atoms with van der Waals surface area (Å²) < 4.78 is 5.31. The van der Waals surface area contributed by atoms with Crippen LogP contribution in [0.25, 0.3) is 0 Å². The Labute approximate surface area is 77.5 Å². The van der Waals surface area contributed by atoms with E-state index in [0.29, 0.717) is 32.5 Å². The van der Waals surface area contributed by atoms with Crippen LogP contribution in [-0.2, 0) is 4.74 Å². The van der Waals surface area contributed by atoms with Crippen LogP contribution in [0.4, 0.5) is 4.79 Å². The molecule has 0 saturated carbocycles. The van der Waals surface area contributed by atoms with Gasteiger partial charge in [-0.15, -0.1) is 0 Å². The quantitative estimate of drug-likeness (QED) is 0.644. The third-order valence-electron chi connectivity index (χ3n) is 2.75. The molecule has 1 rings (SSSR count). The summed E-state index contributed by atoms with van der Waals surface area (Å²) in [5.41, 5.74) is 5.28. The Morgan fingerprint density at radius 2 is 2.15 bits per heavy atom. The first-order valence-electron chi connectivity index (χ1n) is 4.37. The standard InChI is InChI=1S/C8H16N2O3/c1-13-8(6-9)2-4-10(5-3-8)7(11)12/h2-6,9H2,1H3,(H,11,12). The molecule has 1 saturated heterocycles. The number of nitrogens with zero attached hydrogens (tertiary/aromatic N) is 1. The molecular formula is C8H16N2O3. The largest absolute Gasteiger partial charge is 0.465 e. The summed E-state index contributed by atoms with van der Waals surface area (Å²) in [5, 5.41) is 8.71. The molecule has 0 aliphatic carbocycles. The van der Waals surface area contributed by atoms with Crippen LogP contribution in [0.1, 0.15) is 12.8 Å². The van der Waals surface area contributed by atoms with Crippen LogP contribution in [0.15, 0.2) is 0 Å². The average Bonchev–Trinajstić information content (AvgIpc) is 2.18. The van der Waals surface area contributed by atoms with E-state index in [-0.39, 0.29) is 5.60 Å². The number of carboxylic acid groups (broad SMARTS) is 1. The van der Waals surface area contributed by atoms with Crippen LogP contribution >= 0.6 is 0 Å².